The van der Waals surface area contributed by atoms with E-state index in [4.69, 9.17) is 9.47 Å². The molecular weight excluding hydrogens is 332 g/mol. The number of benzene rings is 1. The Hall–Kier alpha value is -2.39. The second-order valence-electron chi connectivity index (χ2n) is 4.45. The van der Waals surface area contributed by atoms with Crippen molar-refractivity contribution in [3.05, 3.63) is 41.3 Å². The van der Waals surface area contributed by atoms with Gasteiger partial charge in [0.05, 0.1) is 11.1 Å². The number of hydrogen-bond donors (Lipinski definition) is 1. The molecule has 0 saturated carbocycles. The van der Waals surface area contributed by atoms with Crippen LogP contribution in [0.1, 0.15) is 11.1 Å². The van der Waals surface area contributed by atoms with Crippen LogP contribution in [0.15, 0.2) is 30.2 Å². The first-order valence-electron chi connectivity index (χ1n) is 6.13. The maximum absolute atomic E-state index is 12.7. The Kier molecular flexibility index (Phi) is 4.44. The van der Waals surface area contributed by atoms with Crippen LogP contribution in [0, 0.1) is 0 Å². The Morgan fingerprint density at radius 2 is 1.52 bits per heavy atom. The Labute approximate surface area is 125 Å². The molecule has 10 heteroatoms. The van der Waals surface area contributed by atoms with E-state index in [0.717, 1.165) is 6.26 Å². The molecule has 1 heterocycles. The third-order valence-corrected chi connectivity index (χ3v) is 2.72. The Morgan fingerprint density at radius 3 is 1.96 bits per heavy atom. The SMILES string of the molecule is O=C(Nc1cc(C(F)(F)F)cc(C(F)(F)F)c1)C1=COCCO1. The number of carbonyl (C=O) groups excluding carboxylic acids is 1. The molecule has 1 aliphatic heterocycles. The van der Waals surface area contributed by atoms with Gasteiger partial charge in [-0.3, -0.25) is 4.79 Å². The van der Waals surface area contributed by atoms with Gasteiger partial charge >= 0.3 is 12.4 Å². The fourth-order valence-corrected chi connectivity index (χ4v) is 1.71. The number of hydrogen-bond acceptors (Lipinski definition) is 3. The van der Waals surface area contributed by atoms with Gasteiger partial charge in [0.25, 0.3) is 5.91 Å². The standard InChI is InChI=1S/C13H9F6NO3/c14-12(15,16)7-3-8(13(17,18)19)5-9(4-7)20-11(21)10-6-22-1-2-23-10/h3-6H,1-2H2,(H,20,21). The Morgan fingerprint density at radius 1 is 0.957 bits per heavy atom. The molecule has 0 unspecified atom stereocenters. The second-order valence-corrected chi connectivity index (χ2v) is 4.45. The van der Waals surface area contributed by atoms with Gasteiger partial charge in [-0.25, -0.2) is 0 Å². The smallest absolute Gasteiger partial charge is 0.416 e. The number of carbonyl (C=O) groups is 1. The van der Waals surface area contributed by atoms with Gasteiger partial charge in [-0.2, -0.15) is 26.3 Å². The molecule has 0 atom stereocenters. The number of nitrogens with one attached hydrogen (secondary N) is 1. The molecule has 1 aliphatic rings. The van der Waals surface area contributed by atoms with E-state index in [9.17, 15) is 31.1 Å². The van der Waals surface area contributed by atoms with Crippen molar-refractivity contribution in [2.24, 2.45) is 0 Å². The molecule has 126 valence electrons. The first kappa shape index (κ1) is 17.0. The average Bonchev–Trinajstić information content (AvgIpc) is 2.46. The van der Waals surface area contributed by atoms with Crippen molar-refractivity contribution >= 4 is 11.6 Å². The van der Waals surface area contributed by atoms with Crippen molar-refractivity contribution in [3.63, 3.8) is 0 Å². The van der Waals surface area contributed by atoms with Crippen LogP contribution in [0.5, 0.6) is 0 Å². The number of halogens is 6. The lowest BCUT2D eigenvalue weighted by Gasteiger charge is -2.17. The van der Waals surface area contributed by atoms with Gasteiger partial charge in [-0.15, -0.1) is 0 Å². The molecule has 1 amide bonds. The Bertz CT molecular complexity index is 603. The summed E-state index contributed by atoms with van der Waals surface area (Å²) in [6, 6.07) is 0.768. The normalized spacial score (nSPS) is 15.3. The average molecular weight is 341 g/mol. The van der Waals surface area contributed by atoms with Crippen molar-refractivity contribution in [1.29, 1.82) is 0 Å². The van der Waals surface area contributed by atoms with Crippen LogP contribution in [0.25, 0.3) is 0 Å². The molecule has 0 radical (unpaired) electrons. The molecule has 0 spiro atoms. The van der Waals surface area contributed by atoms with Crippen molar-refractivity contribution in [2.45, 2.75) is 12.4 Å². The fourth-order valence-electron chi connectivity index (χ4n) is 1.71. The number of rotatable bonds is 2. The summed E-state index contributed by atoms with van der Waals surface area (Å²) in [4.78, 5) is 11.7. The molecule has 1 N–H and O–H groups in total. The minimum Gasteiger partial charge on any atom is -0.494 e. The fraction of sp³-hybridized carbons (Fsp3) is 0.308. The topological polar surface area (TPSA) is 47.6 Å². The summed E-state index contributed by atoms with van der Waals surface area (Å²) in [5, 5.41) is 1.92. The molecule has 0 bridgehead atoms. The lowest BCUT2D eigenvalue weighted by Crippen LogP contribution is -2.22. The van der Waals surface area contributed by atoms with Gasteiger partial charge in [0.15, 0.2) is 0 Å². The number of ether oxygens (including phenoxy) is 2. The molecule has 1 aromatic carbocycles. The third kappa shape index (κ3) is 4.30. The molecule has 0 aromatic heterocycles. The zero-order valence-corrected chi connectivity index (χ0v) is 11.2. The van der Waals surface area contributed by atoms with Crippen LogP contribution >= 0.6 is 0 Å². The van der Waals surface area contributed by atoms with Crippen LogP contribution in [0.2, 0.25) is 0 Å². The van der Waals surface area contributed by atoms with E-state index in [1.165, 1.54) is 0 Å². The minimum absolute atomic E-state index is 0.0326. The second kappa shape index (κ2) is 6.01. The first-order valence-corrected chi connectivity index (χ1v) is 6.13. The molecule has 0 saturated heterocycles. The largest absolute Gasteiger partial charge is 0.494 e. The molecule has 2 rings (SSSR count). The van der Waals surface area contributed by atoms with Gasteiger partial charge < -0.3 is 14.8 Å². The lowest BCUT2D eigenvalue weighted by molar-refractivity contribution is -0.143. The summed E-state index contributed by atoms with van der Waals surface area (Å²) < 4.78 is 85.8. The van der Waals surface area contributed by atoms with Crippen molar-refractivity contribution in [3.8, 4) is 0 Å². The molecule has 4 nitrogen and oxygen atoms in total. The van der Waals surface area contributed by atoms with E-state index in [0.29, 0.717) is 12.1 Å². The summed E-state index contributed by atoms with van der Waals surface area (Å²) in [5.41, 5.74) is -3.72. The third-order valence-electron chi connectivity index (χ3n) is 2.72. The van der Waals surface area contributed by atoms with Crippen LogP contribution in [-0.2, 0) is 26.6 Å². The van der Waals surface area contributed by atoms with E-state index in [1.807, 2.05) is 5.32 Å². The number of amides is 1. The van der Waals surface area contributed by atoms with Gasteiger partial charge in [0, 0.05) is 5.69 Å². The number of anilines is 1. The molecule has 0 aliphatic carbocycles. The van der Waals surface area contributed by atoms with Crippen molar-refractivity contribution in [1.82, 2.24) is 0 Å². The van der Waals surface area contributed by atoms with Crippen LogP contribution in [-0.4, -0.2) is 19.1 Å². The zero-order chi connectivity index (χ0) is 17.3. The first-order chi connectivity index (χ1) is 10.6. The summed E-state index contributed by atoms with van der Waals surface area (Å²) >= 11 is 0. The van der Waals surface area contributed by atoms with Crippen LogP contribution in [0.3, 0.4) is 0 Å². The van der Waals surface area contributed by atoms with E-state index < -0.39 is 35.1 Å². The monoisotopic (exact) mass is 341 g/mol. The van der Waals surface area contributed by atoms with Crippen molar-refractivity contribution in [2.75, 3.05) is 18.5 Å². The van der Waals surface area contributed by atoms with Crippen molar-refractivity contribution < 1.29 is 40.6 Å². The number of alkyl halides is 6. The minimum atomic E-state index is -5.00. The lowest BCUT2D eigenvalue weighted by atomic mass is 10.1. The summed E-state index contributed by atoms with van der Waals surface area (Å²) in [6.45, 7) is 0.216. The van der Waals surface area contributed by atoms with Crippen LogP contribution < -0.4 is 5.32 Å². The maximum Gasteiger partial charge on any atom is 0.416 e. The highest BCUT2D eigenvalue weighted by Crippen LogP contribution is 2.37. The van der Waals surface area contributed by atoms with E-state index >= 15 is 0 Å². The van der Waals surface area contributed by atoms with Gasteiger partial charge in [-0.05, 0) is 18.2 Å². The van der Waals surface area contributed by atoms with Gasteiger partial charge in [0.1, 0.15) is 19.5 Å². The van der Waals surface area contributed by atoms with E-state index in [-0.39, 0.29) is 25.0 Å². The van der Waals surface area contributed by atoms with E-state index in [2.05, 4.69) is 0 Å². The van der Waals surface area contributed by atoms with Gasteiger partial charge in [0.2, 0.25) is 5.76 Å². The van der Waals surface area contributed by atoms with Gasteiger partial charge in [-0.1, -0.05) is 0 Å². The molecule has 1 aromatic rings. The molecule has 23 heavy (non-hydrogen) atoms. The highest BCUT2D eigenvalue weighted by molar-refractivity contribution is 6.02. The predicted octanol–water partition coefficient (Wildman–Crippen LogP) is 3.55. The quantitative estimate of drug-likeness (QED) is 0.837. The highest BCUT2D eigenvalue weighted by atomic mass is 19.4. The molecular formula is C13H9F6NO3. The summed E-state index contributed by atoms with van der Waals surface area (Å²) in [5.74, 6) is -1.36. The Balaban J connectivity index is 2.34. The maximum atomic E-state index is 12.7. The predicted molar refractivity (Wildman–Crippen MR) is 65.1 cm³/mol. The molecule has 0 fully saturated rings. The highest BCUT2D eigenvalue weighted by Gasteiger charge is 2.37. The zero-order valence-electron chi connectivity index (χ0n) is 11.2. The summed E-state index contributed by atoms with van der Waals surface area (Å²) in [6.07, 6.45) is -9.06. The van der Waals surface area contributed by atoms with Crippen LogP contribution in [0.4, 0.5) is 32.0 Å². The summed E-state index contributed by atoms with van der Waals surface area (Å²) in [7, 11) is 0. The van der Waals surface area contributed by atoms with E-state index in [1.54, 1.807) is 0 Å².